The van der Waals surface area contributed by atoms with Crippen LogP contribution in [0.25, 0.3) is 0 Å². The molecule has 2 rings (SSSR count). The van der Waals surface area contributed by atoms with Gasteiger partial charge in [-0.25, -0.2) is 5.43 Å². The van der Waals surface area contributed by atoms with Gasteiger partial charge in [-0.05, 0) is 36.8 Å². The van der Waals surface area contributed by atoms with Crippen molar-refractivity contribution in [3.05, 3.63) is 47.5 Å². The van der Waals surface area contributed by atoms with E-state index in [0.717, 1.165) is 5.56 Å². The van der Waals surface area contributed by atoms with Gasteiger partial charge in [-0.1, -0.05) is 12.1 Å². The van der Waals surface area contributed by atoms with E-state index >= 15 is 0 Å². The number of nitrogens with two attached hydrogens (primary N) is 1. The van der Waals surface area contributed by atoms with Gasteiger partial charge < -0.3 is 19.9 Å². The molecule has 3 N–H and O–H groups in total. The molecule has 7 heteroatoms. The summed E-state index contributed by atoms with van der Waals surface area (Å²) < 4.78 is 15.7. The lowest BCUT2D eigenvalue weighted by atomic mass is 10.1. The third-order valence-electron chi connectivity index (χ3n) is 3.56. The molecule has 2 aromatic carbocycles. The first-order valence-corrected chi connectivity index (χ1v) is 7.50. The molecule has 2 aromatic rings. The lowest BCUT2D eigenvalue weighted by Crippen LogP contribution is -2.19. The number of hydrogen-bond donors (Lipinski definition) is 2. The van der Waals surface area contributed by atoms with Gasteiger partial charge in [0.2, 0.25) is 5.75 Å². The van der Waals surface area contributed by atoms with Crippen molar-refractivity contribution in [1.29, 1.82) is 0 Å². The molecule has 0 unspecified atom stereocenters. The standard InChI is InChI=1S/C18H21N3O4/c1-11(12-6-5-7-14(19)8-12)20-21-18(22)13-9-15(23-2)17(25-4)16(10-13)24-3/h5-10H,19H2,1-4H3,(H,21,22)/b20-11+. The van der Waals surface area contributed by atoms with Crippen LogP contribution in [0, 0.1) is 0 Å². The second kappa shape index (κ2) is 8.05. The van der Waals surface area contributed by atoms with Crippen molar-refractivity contribution in [3.8, 4) is 17.2 Å². The Balaban J connectivity index is 2.24. The fourth-order valence-corrected chi connectivity index (χ4v) is 2.24. The number of methoxy groups -OCH3 is 3. The topological polar surface area (TPSA) is 95.2 Å². The van der Waals surface area contributed by atoms with Crippen LogP contribution in [0.3, 0.4) is 0 Å². The number of nitrogens with zero attached hydrogens (tertiary/aromatic N) is 1. The van der Waals surface area contributed by atoms with Crippen molar-refractivity contribution in [2.45, 2.75) is 6.92 Å². The van der Waals surface area contributed by atoms with Gasteiger partial charge in [0.05, 0.1) is 27.0 Å². The van der Waals surface area contributed by atoms with Gasteiger partial charge in [-0.2, -0.15) is 5.10 Å². The smallest absolute Gasteiger partial charge is 0.271 e. The van der Waals surface area contributed by atoms with E-state index in [1.807, 2.05) is 12.1 Å². The summed E-state index contributed by atoms with van der Waals surface area (Å²) in [7, 11) is 4.47. The maximum absolute atomic E-state index is 12.4. The van der Waals surface area contributed by atoms with E-state index in [1.165, 1.54) is 21.3 Å². The molecular weight excluding hydrogens is 322 g/mol. The van der Waals surface area contributed by atoms with Crippen molar-refractivity contribution in [2.24, 2.45) is 5.10 Å². The maximum Gasteiger partial charge on any atom is 0.271 e. The third kappa shape index (κ3) is 4.20. The Morgan fingerprint density at radius 2 is 1.64 bits per heavy atom. The van der Waals surface area contributed by atoms with E-state index < -0.39 is 5.91 Å². The third-order valence-corrected chi connectivity index (χ3v) is 3.56. The van der Waals surface area contributed by atoms with E-state index in [9.17, 15) is 4.79 Å². The molecular formula is C18H21N3O4. The Hall–Kier alpha value is -3.22. The fraction of sp³-hybridized carbons (Fsp3) is 0.222. The summed E-state index contributed by atoms with van der Waals surface area (Å²) in [5.74, 6) is 0.801. The number of carbonyl (C=O) groups excluding carboxylic acids is 1. The van der Waals surface area contributed by atoms with Gasteiger partial charge >= 0.3 is 0 Å². The molecule has 0 aliphatic heterocycles. The van der Waals surface area contributed by atoms with E-state index in [1.54, 1.807) is 31.2 Å². The van der Waals surface area contributed by atoms with Crippen LogP contribution in [0.2, 0.25) is 0 Å². The number of rotatable bonds is 6. The average Bonchev–Trinajstić information content (AvgIpc) is 2.64. The molecule has 0 bridgehead atoms. The van der Waals surface area contributed by atoms with Crippen LogP contribution in [0.1, 0.15) is 22.8 Å². The first-order chi connectivity index (χ1) is 12.0. The average molecular weight is 343 g/mol. The lowest BCUT2D eigenvalue weighted by molar-refractivity contribution is 0.0954. The SMILES string of the molecule is COc1cc(C(=O)N/N=C(\C)c2cccc(N)c2)cc(OC)c1OC. The van der Waals surface area contributed by atoms with Crippen LogP contribution in [0.4, 0.5) is 5.69 Å². The Morgan fingerprint density at radius 3 is 2.16 bits per heavy atom. The first kappa shape index (κ1) is 18.1. The van der Waals surface area contributed by atoms with Crippen LogP contribution in [-0.2, 0) is 0 Å². The van der Waals surface area contributed by atoms with Crippen LogP contribution in [0.15, 0.2) is 41.5 Å². The molecule has 0 heterocycles. The van der Waals surface area contributed by atoms with Gasteiger partial charge in [0, 0.05) is 11.3 Å². The Kier molecular flexibility index (Phi) is 5.84. The summed E-state index contributed by atoms with van der Waals surface area (Å²) >= 11 is 0. The second-order valence-corrected chi connectivity index (χ2v) is 5.18. The van der Waals surface area contributed by atoms with Gasteiger partial charge in [0.25, 0.3) is 5.91 Å². The molecule has 7 nitrogen and oxygen atoms in total. The van der Waals surface area contributed by atoms with Crippen molar-refractivity contribution in [3.63, 3.8) is 0 Å². The van der Waals surface area contributed by atoms with Gasteiger partial charge in [0.1, 0.15) is 0 Å². The van der Waals surface area contributed by atoms with Crippen molar-refractivity contribution >= 4 is 17.3 Å². The highest BCUT2D eigenvalue weighted by atomic mass is 16.5. The normalized spacial score (nSPS) is 11.0. The molecule has 0 aromatic heterocycles. The molecule has 0 radical (unpaired) electrons. The summed E-state index contributed by atoms with van der Waals surface area (Å²) in [4.78, 5) is 12.4. The molecule has 0 aliphatic rings. The number of benzene rings is 2. The summed E-state index contributed by atoms with van der Waals surface area (Å²) in [6.07, 6.45) is 0. The largest absolute Gasteiger partial charge is 0.493 e. The zero-order valence-corrected chi connectivity index (χ0v) is 14.6. The van der Waals surface area contributed by atoms with Crippen molar-refractivity contribution in [1.82, 2.24) is 5.43 Å². The second-order valence-electron chi connectivity index (χ2n) is 5.18. The number of amides is 1. The van der Waals surface area contributed by atoms with Gasteiger partial charge in [0.15, 0.2) is 11.5 Å². The number of hydrogen-bond acceptors (Lipinski definition) is 6. The summed E-state index contributed by atoms with van der Waals surface area (Å²) in [6.45, 7) is 1.78. The van der Waals surface area contributed by atoms with Crippen molar-refractivity contribution in [2.75, 3.05) is 27.1 Å². The predicted molar refractivity (Wildman–Crippen MR) is 96.6 cm³/mol. The Bertz CT molecular complexity index is 778. The highest BCUT2D eigenvalue weighted by Gasteiger charge is 2.16. The maximum atomic E-state index is 12.4. The number of nitrogens with one attached hydrogen (secondary N) is 1. The minimum absolute atomic E-state index is 0.332. The number of carbonyl (C=O) groups is 1. The molecule has 0 atom stereocenters. The molecule has 0 saturated heterocycles. The number of nitrogen functional groups attached to an aromatic ring is 1. The lowest BCUT2D eigenvalue weighted by Gasteiger charge is -2.13. The number of ether oxygens (including phenoxy) is 3. The Labute approximate surface area is 146 Å². The van der Waals surface area contributed by atoms with E-state index in [4.69, 9.17) is 19.9 Å². The zero-order valence-electron chi connectivity index (χ0n) is 14.6. The van der Waals surface area contributed by atoms with Crippen LogP contribution in [-0.4, -0.2) is 32.9 Å². The summed E-state index contributed by atoms with van der Waals surface area (Å²) in [6, 6.07) is 10.4. The molecule has 0 spiro atoms. The summed E-state index contributed by atoms with van der Waals surface area (Å²) in [5, 5.41) is 4.11. The van der Waals surface area contributed by atoms with Gasteiger partial charge in [-0.3, -0.25) is 4.79 Å². The summed E-state index contributed by atoms with van der Waals surface area (Å²) in [5.41, 5.74) is 10.7. The monoisotopic (exact) mass is 343 g/mol. The molecule has 1 amide bonds. The van der Waals surface area contributed by atoms with E-state index in [2.05, 4.69) is 10.5 Å². The molecule has 0 aliphatic carbocycles. The highest BCUT2D eigenvalue weighted by molar-refractivity contribution is 6.01. The van der Waals surface area contributed by atoms with Crippen LogP contribution < -0.4 is 25.4 Å². The molecule has 0 saturated carbocycles. The zero-order chi connectivity index (χ0) is 18.4. The number of anilines is 1. The number of hydrazone groups is 1. The molecule has 0 fully saturated rings. The predicted octanol–water partition coefficient (Wildman–Crippen LogP) is 2.45. The fourth-order valence-electron chi connectivity index (χ4n) is 2.24. The minimum Gasteiger partial charge on any atom is -0.493 e. The minimum atomic E-state index is -0.400. The Morgan fingerprint density at radius 1 is 1.00 bits per heavy atom. The van der Waals surface area contributed by atoms with Crippen LogP contribution in [0.5, 0.6) is 17.2 Å². The highest BCUT2D eigenvalue weighted by Crippen LogP contribution is 2.38. The van der Waals surface area contributed by atoms with E-state index in [0.29, 0.717) is 34.2 Å². The first-order valence-electron chi connectivity index (χ1n) is 7.50. The van der Waals surface area contributed by atoms with Crippen molar-refractivity contribution < 1.29 is 19.0 Å². The molecule has 132 valence electrons. The van der Waals surface area contributed by atoms with Gasteiger partial charge in [-0.15, -0.1) is 0 Å². The van der Waals surface area contributed by atoms with Crippen LogP contribution >= 0.6 is 0 Å². The molecule has 25 heavy (non-hydrogen) atoms. The van der Waals surface area contributed by atoms with E-state index in [-0.39, 0.29) is 0 Å². The quantitative estimate of drug-likeness (QED) is 0.477.